The zero-order chi connectivity index (χ0) is 13.9. The maximum atomic E-state index is 11.9. The molecule has 1 aromatic rings. The lowest BCUT2D eigenvalue weighted by atomic mass is 9.89. The Balaban J connectivity index is 2.63. The average Bonchev–Trinajstić information content (AvgIpc) is 2.27. The number of carbonyl (C=O) groups is 1. The summed E-state index contributed by atoms with van der Waals surface area (Å²) in [5.74, 6) is -0.138. The number of amides is 1. The zero-order valence-corrected chi connectivity index (χ0v) is 11.9. The van der Waals surface area contributed by atoms with Gasteiger partial charge >= 0.3 is 0 Å². The van der Waals surface area contributed by atoms with E-state index in [0.717, 1.165) is 5.56 Å². The van der Waals surface area contributed by atoms with Crippen LogP contribution in [0.3, 0.4) is 0 Å². The predicted octanol–water partition coefficient (Wildman–Crippen LogP) is 2.44. The fourth-order valence-corrected chi connectivity index (χ4v) is 1.48. The Hall–Kier alpha value is -1.35. The molecule has 0 saturated carbocycles. The molecule has 0 radical (unpaired) electrons. The Morgan fingerprint density at radius 2 is 1.89 bits per heavy atom. The van der Waals surface area contributed by atoms with E-state index >= 15 is 0 Å². The van der Waals surface area contributed by atoms with Crippen molar-refractivity contribution in [3.05, 3.63) is 34.9 Å². The number of hydrogen-bond acceptors (Lipinski definition) is 2. The SMILES string of the molecule is Cc1ccc(C(=O)NCC(O)C(C)(C)C)cc1C. The minimum absolute atomic E-state index is 0.138. The van der Waals surface area contributed by atoms with E-state index in [1.165, 1.54) is 5.56 Å². The number of hydrogen-bond donors (Lipinski definition) is 2. The van der Waals surface area contributed by atoms with Crippen LogP contribution in [0, 0.1) is 19.3 Å². The molecule has 0 aliphatic carbocycles. The second kappa shape index (κ2) is 5.53. The Bertz CT molecular complexity index is 433. The monoisotopic (exact) mass is 249 g/mol. The number of nitrogens with one attached hydrogen (secondary N) is 1. The molecule has 3 nitrogen and oxygen atoms in total. The highest BCUT2D eigenvalue weighted by molar-refractivity contribution is 5.94. The van der Waals surface area contributed by atoms with Crippen LogP contribution in [0.15, 0.2) is 18.2 Å². The van der Waals surface area contributed by atoms with Crippen LogP contribution in [0.1, 0.15) is 42.3 Å². The lowest BCUT2D eigenvalue weighted by Crippen LogP contribution is -2.39. The van der Waals surface area contributed by atoms with Crippen LogP contribution in [0.5, 0.6) is 0 Å². The molecule has 0 bridgehead atoms. The number of benzene rings is 1. The smallest absolute Gasteiger partial charge is 0.251 e. The molecule has 3 heteroatoms. The van der Waals surface area contributed by atoms with Gasteiger partial charge in [-0.15, -0.1) is 0 Å². The molecule has 0 heterocycles. The number of aliphatic hydroxyl groups is 1. The second-order valence-corrected chi connectivity index (χ2v) is 5.89. The molecule has 0 fully saturated rings. The van der Waals surface area contributed by atoms with E-state index in [0.29, 0.717) is 5.56 Å². The van der Waals surface area contributed by atoms with E-state index in [1.807, 2.05) is 46.8 Å². The van der Waals surface area contributed by atoms with Crippen LogP contribution in [0.25, 0.3) is 0 Å². The zero-order valence-electron chi connectivity index (χ0n) is 11.9. The molecule has 0 aliphatic rings. The van der Waals surface area contributed by atoms with E-state index < -0.39 is 6.10 Å². The highest BCUT2D eigenvalue weighted by Crippen LogP contribution is 2.18. The summed E-state index contributed by atoms with van der Waals surface area (Å²) in [7, 11) is 0. The molecule has 1 atom stereocenters. The summed E-state index contributed by atoms with van der Waals surface area (Å²) in [5, 5.41) is 12.6. The van der Waals surface area contributed by atoms with Gasteiger partial charge in [0, 0.05) is 12.1 Å². The molecule has 0 spiro atoms. The van der Waals surface area contributed by atoms with Crippen molar-refractivity contribution in [1.82, 2.24) is 5.32 Å². The first kappa shape index (κ1) is 14.7. The molecule has 100 valence electrons. The molecule has 0 aromatic heterocycles. The van der Waals surface area contributed by atoms with E-state index in [-0.39, 0.29) is 17.9 Å². The van der Waals surface area contributed by atoms with Crippen molar-refractivity contribution in [3.8, 4) is 0 Å². The van der Waals surface area contributed by atoms with Crippen LogP contribution < -0.4 is 5.32 Å². The van der Waals surface area contributed by atoms with Crippen LogP contribution in [-0.2, 0) is 0 Å². The molecule has 0 saturated heterocycles. The number of rotatable bonds is 3. The quantitative estimate of drug-likeness (QED) is 0.864. The van der Waals surface area contributed by atoms with Crippen molar-refractivity contribution in [2.24, 2.45) is 5.41 Å². The van der Waals surface area contributed by atoms with Crippen molar-refractivity contribution >= 4 is 5.91 Å². The van der Waals surface area contributed by atoms with Gasteiger partial charge in [-0.3, -0.25) is 4.79 Å². The van der Waals surface area contributed by atoms with E-state index in [2.05, 4.69) is 5.32 Å². The topological polar surface area (TPSA) is 49.3 Å². The van der Waals surface area contributed by atoms with Crippen LogP contribution >= 0.6 is 0 Å². The predicted molar refractivity (Wildman–Crippen MR) is 73.7 cm³/mol. The third-order valence-electron chi connectivity index (χ3n) is 3.22. The summed E-state index contributed by atoms with van der Waals surface area (Å²) < 4.78 is 0. The van der Waals surface area contributed by atoms with Gasteiger partial charge in [0.25, 0.3) is 5.91 Å². The number of carbonyl (C=O) groups excluding carboxylic acids is 1. The summed E-state index contributed by atoms with van der Waals surface area (Å²) in [4.78, 5) is 11.9. The third-order valence-corrected chi connectivity index (χ3v) is 3.22. The molecule has 2 N–H and O–H groups in total. The fraction of sp³-hybridized carbons (Fsp3) is 0.533. The molecule has 1 amide bonds. The van der Waals surface area contributed by atoms with Crippen LogP contribution in [0.2, 0.25) is 0 Å². The van der Waals surface area contributed by atoms with E-state index in [4.69, 9.17) is 0 Å². The Morgan fingerprint density at radius 3 is 2.39 bits per heavy atom. The number of aliphatic hydroxyl groups excluding tert-OH is 1. The minimum Gasteiger partial charge on any atom is -0.391 e. The normalized spacial score (nSPS) is 13.2. The second-order valence-electron chi connectivity index (χ2n) is 5.89. The average molecular weight is 249 g/mol. The summed E-state index contributed by atoms with van der Waals surface area (Å²) >= 11 is 0. The molecule has 18 heavy (non-hydrogen) atoms. The van der Waals surface area contributed by atoms with Gasteiger partial charge in [-0.05, 0) is 42.5 Å². The first-order valence-electron chi connectivity index (χ1n) is 6.25. The van der Waals surface area contributed by atoms with Crippen molar-refractivity contribution in [1.29, 1.82) is 0 Å². The summed E-state index contributed by atoms with van der Waals surface area (Å²) in [6.45, 7) is 10.1. The van der Waals surface area contributed by atoms with Gasteiger partial charge in [-0.1, -0.05) is 26.8 Å². The van der Waals surface area contributed by atoms with Crippen molar-refractivity contribution in [3.63, 3.8) is 0 Å². The first-order chi connectivity index (χ1) is 8.21. The van der Waals surface area contributed by atoms with Gasteiger partial charge < -0.3 is 10.4 Å². The van der Waals surface area contributed by atoms with Crippen molar-refractivity contribution in [2.75, 3.05) is 6.54 Å². The van der Waals surface area contributed by atoms with Gasteiger partial charge in [0.1, 0.15) is 0 Å². The molecular formula is C15H23NO2. The summed E-state index contributed by atoms with van der Waals surface area (Å²) in [6.07, 6.45) is -0.548. The van der Waals surface area contributed by atoms with Gasteiger partial charge in [-0.2, -0.15) is 0 Å². The van der Waals surface area contributed by atoms with Gasteiger partial charge in [-0.25, -0.2) is 0 Å². The lowest BCUT2D eigenvalue weighted by Gasteiger charge is -2.25. The third kappa shape index (κ3) is 3.84. The van der Waals surface area contributed by atoms with Crippen LogP contribution in [0.4, 0.5) is 0 Å². The van der Waals surface area contributed by atoms with Crippen molar-refractivity contribution in [2.45, 2.75) is 40.7 Å². The van der Waals surface area contributed by atoms with Gasteiger partial charge in [0.15, 0.2) is 0 Å². The van der Waals surface area contributed by atoms with E-state index in [1.54, 1.807) is 6.07 Å². The molecular weight excluding hydrogens is 226 g/mol. The maximum absolute atomic E-state index is 11.9. The highest BCUT2D eigenvalue weighted by Gasteiger charge is 2.22. The lowest BCUT2D eigenvalue weighted by molar-refractivity contribution is 0.0587. The van der Waals surface area contributed by atoms with Gasteiger partial charge in [0.2, 0.25) is 0 Å². The van der Waals surface area contributed by atoms with Crippen molar-refractivity contribution < 1.29 is 9.90 Å². The summed E-state index contributed by atoms with van der Waals surface area (Å²) in [6, 6.07) is 5.61. The largest absolute Gasteiger partial charge is 0.391 e. The molecule has 1 unspecified atom stereocenters. The van der Waals surface area contributed by atoms with Gasteiger partial charge in [0.05, 0.1) is 6.10 Å². The van der Waals surface area contributed by atoms with Crippen LogP contribution in [-0.4, -0.2) is 23.7 Å². The minimum atomic E-state index is -0.548. The molecule has 0 aliphatic heterocycles. The summed E-state index contributed by atoms with van der Waals surface area (Å²) in [5.41, 5.74) is 2.68. The Labute approximate surface area is 109 Å². The fourth-order valence-electron chi connectivity index (χ4n) is 1.48. The standard InChI is InChI=1S/C15H23NO2/c1-10-6-7-12(8-11(10)2)14(18)16-9-13(17)15(3,4)5/h6-8,13,17H,9H2,1-5H3,(H,16,18). The Kier molecular flexibility index (Phi) is 4.52. The Morgan fingerprint density at radius 1 is 1.28 bits per heavy atom. The molecule has 1 aromatic carbocycles. The highest BCUT2D eigenvalue weighted by atomic mass is 16.3. The van der Waals surface area contributed by atoms with E-state index in [9.17, 15) is 9.90 Å². The molecule has 1 rings (SSSR count). The number of aryl methyl sites for hydroxylation is 2. The maximum Gasteiger partial charge on any atom is 0.251 e. The first-order valence-corrected chi connectivity index (χ1v) is 6.25.